The average molecular weight is 431 g/mol. The summed E-state index contributed by atoms with van der Waals surface area (Å²) in [6.45, 7) is 2.47. The number of halogens is 1. The van der Waals surface area contributed by atoms with Crippen LogP contribution in [-0.4, -0.2) is 22.7 Å². The highest BCUT2D eigenvalue weighted by atomic mass is 79.9. The number of amides is 1. The Morgan fingerprint density at radius 3 is 2.81 bits per heavy atom. The van der Waals surface area contributed by atoms with E-state index in [4.69, 9.17) is 4.42 Å². The van der Waals surface area contributed by atoms with Gasteiger partial charge in [0.1, 0.15) is 0 Å². The lowest BCUT2D eigenvalue weighted by atomic mass is 10.1. The molecule has 0 unspecified atom stereocenters. The van der Waals surface area contributed by atoms with Gasteiger partial charge in [0, 0.05) is 16.6 Å². The summed E-state index contributed by atoms with van der Waals surface area (Å²) < 4.78 is 6.75. The van der Waals surface area contributed by atoms with Gasteiger partial charge in [0.05, 0.1) is 11.4 Å². The van der Waals surface area contributed by atoms with Crippen molar-refractivity contribution in [1.82, 2.24) is 10.3 Å². The summed E-state index contributed by atoms with van der Waals surface area (Å²) in [7, 11) is 0. The molecule has 1 aromatic heterocycles. The molecule has 1 amide bonds. The number of thioether (sulfide) groups is 1. The van der Waals surface area contributed by atoms with E-state index in [-0.39, 0.29) is 11.2 Å². The fourth-order valence-electron chi connectivity index (χ4n) is 2.41. The SMILES string of the molecule is C[C@H](Sc1ncc(-c2cccc(Br)c2)o1)C(=O)NCCc1ccccc1. The van der Waals surface area contributed by atoms with Crippen LogP contribution < -0.4 is 5.32 Å². The Morgan fingerprint density at radius 2 is 2.04 bits per heavy atom. The van der Waals surface area contributed by atoms with Crippen molar-refractivity contribution in [3.05, 3.63) is 70.8 Å². The van der Waals surface area contributed by atoms with Gasteiger partial charge in [0.25, 0.3) is 5.22 Å². The lowest BCUT2D eigenvalue weighted by Gasteiger charge is -2.10. The van der Waals surface area contributed by atoms with E-state index in [0.29, 0.717) is 17.5 Å². The predicted molar refractivity (Wildman–Crippen MR) is 108 cm³/mol. The molecule has 3 rings (SSSR count). The van der Waals surface area contributed by atoms with Gasteiger partial charge in [-0.2, -0.15) is 0 Å². The Morgan fingerprint density at radius 1 is 1.23 bits per heavy atom. The summed E-state index contributed by atoms with van der Waals surface area (Å²) in [5, 5.41) is 3.18. The number of hydrogen-bond donors (Lipinski definition) is 1. The number of oxazole rings is 1. The molecule has 0 aliphatic carbocycles. The van der Waals surface area contributed by atoms with Gasteiger partial charge < -0.3 is 9.73 Å². The van der Waals surface area contributed by atoms with Gasteiger partial charge >= 0.3 is 0 Å². The van der Waals surface area contributed by atoms with Gasteiger partial charge in [-0.05, 0) is 31.0 Å². The summed E-state index contributed by atoms with van der Waals surface area (Å²) >= 11 is 4.76. The maximum Gasteiger partial charge on any atom is 0.256 e. The normalized spacial score (nSPS) is 11.9. The maximum absolute atomic E-state index is 12.3. The van der Waals surface area contributed by atoms with Gasteiger partial charge in [-0.3, -0.25) is 4.79 Å². The van der Waals surface area contributed by atoms with Crippen molar-refractivity contribution in [2.75, 3.05) is 6.54 Å². The zero-order valence-electron chi connectivity index (χ0n) is 14.3. The fourth-order valence-corrected chi connectivity index (χ4v) is 3.55. The smallest absolute Gasteiger partial charge is 0.256 e. The molecule has 0 saturated carbocycles. The zero-order chi connectivity index (χ0) is 18.4. The van der Waals surface area contributed by atoms with E-state index in [2.05, 4.69) is 38.4 Å². The number of aromatic nitrogens is 1. The van der Waals surface area contributed by atoms with Crippen molar-refractivity contribution in [1.29, 1.82) is 0 Å². The average Bonchev–Trinajstić information content (AvgIpc) is 3.11. The lowest BCUT2D eigenvalue weighted by Crippen LogP contribution is -2.32. The van der Waals surface area contributed by atoms with E-state index in [1.165, 1.54) is 17.3 Å². The molecule has 0 spiro atoms. The van der Waals surface area contributed by atoms with E-state index in [0.717, 1.165) is 16.5 Å². The highest BCUT2D eigenvalue weighted by Gasteiger charge is 2.17. The molecule has 26 heavy (non-hydrogen) atoms. The van der Waals surface area contributed by atoms with E-state index in [1.54, 1.807) is 6.20 Å². The predicted octanol–water partition coefficient (Wildman–Crippen LogP) is 4.94. The molecule has 1 heterocycles. The maximum atomic E-state index is 12.3. The van der Waals surface area contributed by atoms with E-state index < -0.39 is 0 Å². The number of hydrogen-bond acceptors (Lipinski definition) is 4. The molecule has 1 atom stereocenters. The third kappa shape index (κ3) is 5.22. The van der Waals surface area contributed by atoms with Gasteiger partial charge in [0.2, 0.25) is 5.91 Å². The minimum absolute atomic E-state index is 0.0202. The summed E-state index contributed by atoms with van der Waals surface area (Å²) in [5.74, 6) is 0.665. The Hall–Kier alpha value is -2.05. The van der Waals surface area contributed by atoms with Crippen LogP contribution in [0.3, 0.4) is 0 Å². The number of nitrogens with zero attached hydrogens (tertiary/aromatic N) is 1. The van der Waals surface area contributed by atoms with Crippen LogP contribution in [0.1, 0.15) is 12.5 Å². The van der Waals surface area contributed by atoms with Crippen molar-refractivity contribution in [2.24, 2.45) is 0 Å². The quantitative estimate of drug-likeness (QED) is 0.539. The first kappa shape index (κ1) is 18.7. The molecule has 3 aromatic rings. The Kier molecular flexibility index (Phi) is 6.52. The molecule has 0 bridgehead atoms. The van der Waals surface area contributed by atoms with Crippen LogP contribution in [0.15, 0.2) is 74.9 Å². The first-order valence-corrected chi connectivity index (χ1v) is 9.99. The van der Waals surface area contributed by atoms with Crippen molar-refractivity contribution in [2.45, 2.75) is 23.8 Å². The van der Waals surface area contributed by atoms with Gasteiger partial charge in [-0.15, -0.1) is 0 Å². The topological polar surface area (TPSA) is 55.1 Å². The fraction of sp³-hybridized carbons (Fsp3) is 0.200. The number of carbonyl (C=O) groups is 1. The van der Waals surface area contributed by atoms with Crippen molar-refractivity contribution in [3.63, 3.8) is 0 Å². The number of rotatable bonds is 7. The Balaban J connectivity index is 1.51. The van der Waals surface area contributed by atoms with Crippen LogP contribution >= 0.6 is 27.7 Å². The molecule has 4 nitrogen and oxygen atoms in total. The third-order valence-corrected chi connectivity index (χ3v) is 5.25. The van der Waals surface area contributed by atoms with Crippen molar-refractivity contribution >= 4 is 33.6 Å². The largest absolute Gasteiger partial charge is 0.431 e. The number of carbonyl (C=O) groups excluding carboxylic acids is 1. The van der Waals surface area contributed by atoms with Crippen LogP contribution in [0.2, 0.25) is 0 Å². The molecule has 2 aromatic carbocycles. The standard InChI is InChI=1S/C20H19BrN2O2S/c1-14(19(24)22-11-10-15-6-3-2-4-7-15)26-20-23-13-18(25-20)16-8-5-9-17(21)12-16/h2-9,12-14H,10-11H2,1H3,(H,22,24)/t14-/m0/s1. The summed E-state index contributed by atoms with van der Waals surface area (Å²) in [5.41, 5.74) is 2.15. The molecule has 0 saturated heterocycles. The first-order valence-electron chi connectivity index (χ1n) is 8.32. The number of nitrogens with one attached hydrogen (secondary N) is 1. The van der Waals surface area contributed by atoms with Crippen LogP contribution in [0.5, 0.6) is 0 Å². The molecular formula is C20H19BrN2O2S. The van der Waals surface area contributed by atoms with Gasteiger partial charge in [0.15, 0.2) is 5.76 Å². The molecule has 0 aliphatic heterocycles. The molecule has 6 heteroatoms. The minimum atomic E-state index is -0.278. The summed E-state index contributed by atoms with van der Waals surface area (Å²) in [6, 6.07) is 17.9. The molecule has 1 N–H and O–H groups in total. The summed E-state index contributed by atoms with van der Waals surface area (Å²) in [6.07, 6.45) is 2.50. The highest BCUT2D eigenvalue weighted by molar-refractivity contribution is 9.10. The van der Waals surface area contributed by atoms with Crippen LogP contribution in [0.4, 0.5) is 0 Å². The molecule has 0 aliphatic rings. The van der Waals surface area contributed by atoms with Crippen molar-refractivity contribution < 1.29 is 9.21 Å². The zero-order valence-corrected chi connectivity index (χ0v) is 16.7. The second-order valence-corrected chi connectivity index (χ2v) is 8.00. The van der Waals surface area contributed by atoms with Crippen LogP contribution in [0.25, 0.3) is 11.3 Å². The van der Waals surface area contributed by atoms with E-state index in [9.17, 15) is 4.79 Å². The van der Waals surface area contributed by atoms with E-state index in [1.807, 2.05) is 49.4 Å². The monoisotopic (exact) mass is 430 g/mol. The first-order chi connectivity index (χ1) is 12.6. The lowest BCUT2D eigenvalue weighted by molar-refractivity contribution is -0.120. The van der Waals surface area contributed by atoms with Gasteiger partial charge in [-0.1, -0.05) is 70.2 Å². The Labute approximate surface area is 165 Å². The van der Waals surface area contributed by atoms with Crippen LogP contribution in [0, 0.1) is 0 Å². The van der Waals surface area contributed by atoms with Crippen LogP contribution in [-0.2, 0) is 11.2 Å². The van der Waals surface area contributed by atoms with Crippen molar-refractivity contribution in [3.8, 4) is 11.3 Å². The Bertz CT molecular complexity index is 867. The molecule has 0 radical (unpaired) electrons. The third-order valence-electron chi connectivity index (χ3n) is 3.80. The highest BCUT2D eigenvalue weighted by Crippen LogP contribution is 2.29. The van der Waals surface area contributed by atoms with E-state index >= 15 is 0 Å². The summed E-state index contributed by atoms with van der Waals surface area (Å²) in [4.78, 5) is 16.5. The molecular weight excluding hydrogens is 412 g/mol. The molecule has 0 fully saturated rings. The second kappa shape index (κ2) is 9.05. The minimum Gasteiger partial charge on any atom is -0.431 e. The second-order valence-electron chi connectivity index (χ2n) is 5.79. The number of benzene rings is 2. The van der Waals surface area contributed by atoms with Gasteiger partial charge in [-0.25, -0.2) is 4.98 Å². The molecule has 134 valence electrons.